The molecule has 1 aromatic carbocycles. The molecule has 1 saturated heterocycles. The van der Waals surface area contributed by atoms with Gasteiger partial charge in [-0.05, 0) is 31.5 Å². The molecule has 0 aliphatic carbocycles. The molecule has 0 spiro atoms. The fraction of sp³-hybridized carbons (Fsp3) is 0.600. The highest BCUT2D eigenvalue weighted by molar-refractivity contribution is 5.17. The minimum atomic E-state index is 0.0380. The molecule has 18 heavy (non-hydrogen) atoms. The Morgan fingerprint density at radius 3 is 2.50 bits per heavy atom. The number of hydrogen-bond donors (Lipinski definition) is 1. The Hall–Kier alpha value is -0.900. The normalized spacial score (nSPS) is 18.7. The molecule has 100 valence electrons. The quantitative estimate of drug-likeness (QED) is 0.838. The van der Waals surface area contributed by atoms with Gasteiger partial charge in [-0.25, -0.2) is 0 Å². The van der Waals surface area contributed by atoms with Crippen LogP contribution in [0.5, 0.6) is 0 Å². The van der Waals surface area contributed by atoms with E-state index in [2.05, 4.69) is 17.0 Å². The van der Waals surface area contributed by atoms with Crippen molar-refractivity contribution in [3.8, 4) is 0 Å². The number of hydrogen-bond acceptors (Lipinski definition) is 3. The number of nitrogens with two attached hydrogens (primary N) is 1. The molecule has 3 heteroatoms. The number of rotatable bonds is 6. The first-order chi connectivity index (χ1) is 8.90. The summed E-state index contributed by atoms with van der Waals surface area (Å²) in [4.78, 5) is 2.49. The summed E-state index contributed by atoms with van der Waals surface area (Å²) in [5, 5.41) is 0. The zero-order valence-electron chi connectivity index (χ0n) is 11.1. The van der Waals surface area contributed by atoms with Crippen molar-refractivity contribution >= 4 is 0 Å². The third kappa shape index (κ3) is 4.09. The average molecular weight is 248 g/mol. The first-order valence-electron chi connectivity index (χ1n) is 6.99. The average Bonchev–Trinajstić information content (AvgIpc) is 2.46. The van der Waals surface area contributed by atoms with Crippen molar-refractivity contribution in [2.24, 2.45) is 5.73 Å². The number of benzene rings is 1. The minimum Gasteiger partial charge on any atom is -0.371 e. The van der Waals surface area contributed by atoms with Crippen molar-refractivity contribution in [2.45, 2.75) is 25.4 Å². The van der Waals surface area contributed by atoms with Gasteiger partial charge in [-0.15, -0.1) is 0 Å². The molecular formula is C15H24N2O. The smallest absolute Gasteiger partial charge is 0.0947 e. The van der Waals surface area contributed by atoms with Crippen molar-refractivity contribution in [1.82, 2.24) is 4.90 Å². The fourth-order valence-corrected chi connectivity index (χ4v) is 2.48. The molecule has 2 rings (SSSR count). The molecule has 0 aromatic heterocycles. The van der Waals surface area contributed by atoms with Gasteiger partial charge in [0.1, 0.15) is 0 Å². The van der Waals surface area contributed by atoms with Gasteiger partial charge in [-0.2, -0.15) is 0 Å². The van der Waals surface area contributed by atoms with E-state index in [4.69, 9.17) is 10.5 Å². The Labute approximate surface area is 110 Å². The molecule has 1 aliphatic rings. The third-order valence-electron chi connectivity index (χ3n) is 3.56. The number of ether oxygens (including phenoxy) is 1. The summed E-state index contributed by atoms with van der Waals surface area (Å²) in [6, 6.07) is 10.2. The molecule has 1 unspecified atom stereocenters. The molecular weight excluding hydrogens is 224 g/mol. The van der Waals surface area contributed by atoms with Crippen molar-refractivity contribution in [3.05, 3.63) is 35.9 Å². The summed E-state index contributed by atoms with van der Waals surface area (Å²) in [6.07, 6.45) is 4.08. The van der Waals surface area contributed by atoms with Crippen LogP contribution in [0.4, 0.5) is 0 Å². The topological polar surface area (TPSA) is 38.5 Å². The lowest BCUT2D eigenvalue weighted by atomic mass is 10.1. The van der Waals surface area contributed by atoms with Crippen molar-refractivity contribution in [2.75, 3.05) is 32.8 Å². The highest BCUT2D eigenvalue weighted by Crippen LogP contribution is 2.16. The van der Waals surface area contributed by atoms with Crippen LogP contribution in [0.15, 0.2) is 30.3 Å². The minimum absolute atomic E-state index is 0.0380. The summed E-state index contributed by atoms with van der Waals surface area (Å²) in [6.45, 7) is 4.80. The zero-order valence-corrected chi connectivity index (χ0v) is 11.1. The zero-order chi connectivity index (χ0) is 12.6. The van der Waals surface area contributed by atoms with Crippen LogP contribution in [0, 0.1) is 0 Å². The Kier molecular flexibility index (Phi) is 5.65. The lowest BCUT2D eigenvalue weighted by Gasteiger charge is -2.27. The molecule has 0 amide bonds. The standard InChI is InChI=1S/C15H24N2O/c16-13-15(14-7-3-1-4-8-14)18-12-11-17-9-5-2-6-10-17/h1,3-4,7-8,15H,2,5-6,9-13,16H2. The van der Waals surface area contributed by atoms with E-state index in [1.165, 1.54) is 37.9 Å². The highest BCUT2D eigenvalue weighted by atomic mass is 16.5. The highest BCUT2D eigenvalue weighted by Gasteiger charge is 2.12. The molecule has 0 bridgehead atoms. The van der Waals surface area contributed by atoms with Gasteiger partial charge in [0.2, 0.25) is 0 Å². The van der Waals surface area contributed by atoms with Gasteiger partial charge in [0.15, 0.2) is 0 Å². The van der Waals surface area contributed by atoms with Gasteiger partial charge in [0.05, 0.1) is 12.7 Å². The molecule has 1 atom stereocenters. The molecule has 1 heterocycles. The van der Waals surface area contributed by atoms with Crippen LogP contribution in [0.25, 0.3) is 0 Å². The third-order valence-corrected chi connectivity index (χ3v) is 3.56. The van der Waals surface area contributed by atoms with Gasteiger partial charge in [-0.1, -0.05) is 36.8 Å². The second kappa shape index (κ2) is 7.52. The van der Waals surface area contributed by atoms with Crippen LogP contribution < -0.4 is 5.73 Å². The Morgan fingerprint density at radius 2 is 1.83 bits per heavy atom. The van der Waals surface area contributed by atoms with Crippen LogP contribution in [0.1, 0.15) is 30.9 Å². The largest absolute Gasteiger partial charge is 0.371 e. The Balaban J connectivity index is 1.73. The molecule has 1 fully saturated rings. The summed E-state index contributed by atoms with van der Waals surface area (Å²) in [5.74, 6) is 0. The van der Waals surface area contributed by atoms with E-state index in [0.29, 0.717) is 6.54 Å². The van der Waals surface area contributed by atoms with E-state index < -0.39 is 0 Å². The summed E-state index contributed by atoms with van der Waals surface area (Å²) >= 11 is 0. The van der Waals surface area contributed by atoms with Crippen molar-refractivity contribution in [3.63, 3.8) is 0 Å². The monoisotopic (exact) mass is 248 g/mol. The summed E-state index contributed by atoms with van der Waals surface area (Å²) in [7, 11) is 0. The Morgan fingerprint density at radius 1 is 1.11 bits per heavy atom. The molecule has 0 radical (unpaired) electrons. The second-order valence-corrected chi connectivity index (χ2v) is 4.91. The lowest BCUT2D eigenvalue weighted by molar-refractivity contribution is 0.0385. The molecule has 1 aliphatic heterocycles. The predicted octanol–water partition coefficient (Wildman–Crippen LogP) is 2.19. The van der Waals surface area contributed by atoms with Crippen LogP contribution in [0.2, 0.25) is 0 Å². The van der Waals surface area contributed by atoms with Gasteiger partial charge in [0, 0.05) is 13.1 Å². The molecule has 3 nitrogen and oxygen atoms in total. The number of nitrogens with zero attached hydrogens (tertiary/aromatic N) is 1. The van der Waals surface area contributed by atoms with E-state index >= 15 is 0 Å². The van der Waals surface area contributed by atoms with Crippen LogP contribution in [-0.2, 0) is 4.74 Å². The first kappa shape index (κ1) is 13.5. The van der Waals surface area contributed by atoms with Crippen molar-refractivity contribution < 1.29 is 4.74 Å². The van der Waals surface area contributed by atoms with E-state index in [1.807, 2.05) is 18.2 Å². The molecule has 1 aromatic rings. The fourth-order valence-electron chi connectivity index (χ4n) is 2.48. The van der Waals surface area contributed by atoms with Crippen LogP contribution in [-0.4, -0.2) is 37.7 Å². The lowest BCUT2D eigenvalue weighted by Crippen LogP contribution is -2.33. The van der Waals surface area contributed by atoms with Gasteiger partial charge in [0.25, 0.3) is 0 Å². The first-order valence-corrected chi connectivity index (χ1v) is 6.99. The summed E-state index contributed by atoms with van der Waals surface area (Å²) in [5.41, 5.74) is 6.96. The van der Waals surface area contributed by atoms with Gasteiger partial charge in [-0.3, -0.25) is 0 Å². The van der Waals surface area contributed by atoms with Crippen LogP contribution >= 0.6 is 0 Å². The van der Waals surface area contributed by atoms with E-state index in [0.717, 1.165) is 13.2 Å². The van der Waals surface area contributed by atoms with Crippen molar-refractivity contribution in [1.29, 1.82) is 0 Å². The molecule has 2 N–H and O–H groups in total. The maximum absolute atomic E-state index is 5.91. The van der Waals surface area contributed by atoms with E-state index in [1.54, 1.807) is 0 Å². The number of likely N-dealkylation sites (tertiary alicyclic amines) is 1. The number of piperidine rings is 1. The summed E-state index contributed by atoms with van der Waals surface area (Å²) < 4.78 is 5.91. The van der Waals surface area contributed by atoms with Gasteiger partial charge >= 0.3 is 0 Å². The predicted molar refractivity (Wildman–Crippen MR) is 74.5 cm³/mol. The van der Waals surface area contributed by atoms with E-state index in [-0.39, 0.29) is 6.10 Å². The second-order valence-electron chi connectivity index (χ2n) is 4.91. The van der Waals surface area contributed by atoms with Gasteiger partial charge < -0.3 is 15.4 Å². The van der Waals surface area contributed by atoms with E-state index in [9.17, 15) is 0 Å². The van der Waals surface area contributed by atoms with Crippen LogP contribution in [0.3, 0.4) is 0 Å². The molecule has 0 saturated carbocycles. The SMILES string of the molecule is NCC(OCCN1CCCCC1)c1ccccc1. The maximum Gasteiger partial charge on any atom is 0.0947 e. The maximum atomic E-state index is 5.91. The Bertz CT molecular complexity index is 323.